The third-order valence-electron chi connectivity index (χ3n) is 5.78. The summed E-state index contributed by atoms with van der Waals surface area (Å²) in [4.78, 5) is 36.5. The number of aliphatic hydroxyl groups is 2. The van der Waals surface area contributed by atoms with Crippen molar-refractivity contribution in [2.45, 2.75) is 36.8 Å². The van der Waals surface area contributed by atoms with Crippen LogP contribution in [0.25, 0.3) is 12.2 Å². The van der Waals surface area contributed by atoms with Crippen LogP contribution in [0.3, 0.4) is 0 Å². The van der Waals surface area contributed by atoms with Gasteiger partial charge in [-0.2, -0.15) is 0 Å². The highest BCUT2D eigenvalue weighted by molar-refractivity contribution is 5.88. The number of carbonyl (C=O) groups excluding carboxylic acids is 2. The van der Waals surface area contributed by atoms with Crippen molar-refractivity contribution in [3.63, 3.8) is 0 Å². The molecule has 2 aromatic rings. The smallest absolute Gasteiger partial charge is 0.335 e. The first-order chi connectivity index (χ1) is 17.9. The van der Waals surface area contributed by atoms with E-state index in [2.05, 4.69) is 0 Å². The molecule has 38 heavy (non-hydrogen) atoms. The van der Waals surface area contributed by atoms with E-state index in [4.69, 9.17) is 14.2 Å². The Morgan fingerprint density at radius 2 is 1.45 bits per heavy atom. The lowest BCUT2D eigenvalue weighted by Crippen LogP contribution is -2.58. The van der Waals surface area contributed by atoms with Crippen molar-refractivity contribution in [2.75, 3.05) is 7.11 Å². The number of carboxylic acids is 1. The Labute approximate surface area is 216 Å². The normalized spacial score (nSPS) is 23.3. The van der Waals surface area contributed by atoms with Gasteiger partial charge in [-0.3, -0.25) is 0 Å². The van der Waals surface area contributed by atoms with Gasteiger partial charge in [-0.25, -0.2) is 14.4 Å². The Hall–Kier alpha value is -4.55. The molecule has 3 rings (SSSR count). The second-order valence-electron chi connectivity index (χ2n) is 8.54. The fourth-order valence-electron chi connectivity index (χ4n) is 3.81. The lowest BCUT2D eigenvalue weighted by Gasteiger charge is -2.40. The van der Waals surface area contributed by atoms with Gasteiger partial charge in [-0.15, -0.1) is 0 Å². The van der Waals surface area contributed by atoms with E-state index in [1.165, 1.54) is 55.7 Å². The maximum atomic E-state index is 12.5. The first-order valence-corrected chi connectivity index (χ1v) is 11.2. The molecule has 0 aliphatic heterocycles. The molecule has 2 aromatic carbocycles. The Morgan fingerprint density at radius 1 is 0.868 bits per heavy atom. The second kappa shape index (κ2) is 11.7. The van der Waals surface area contributed by atoms with E-state index in [0.717, 1.165) is 12.2 Å². The number of rotatable bonds is 8. The molecule has 0 radical (unpaired) electrons. The number of esters is 2. The molecule has 0 aromatic heterocycles. The van der Waals surface area contributed by atoms with Gasteiger partial charge in [-0.05, 0) is 47.5 Å². The summed E-state index contributed by atoms with van der Waals surface area (Å²) < 4.78 is 15.5. The Kier molecular flexibility index (Phi) is 8.61. The van der Waals surface area contributed by atoms with Gasteiger partial charge in [0.15, 0.2) is 34.7 Å². The second-order valence-corrected chi connectivity index (χ2v) is 8.54. The quantitative estimate of drug-likeness (QED) is 0.163. The van der Waals surface area contributed by atoms with Crippen LogP contribution >= 0.6 is 0 Å². The summed E-state index contributed by atoms with van der Waals surface area (Å²) >= 11 is 0. The van der Waals surface area contributed by atoms with Gasteiger partial charge in [0.25, 0.3) is 0 Å². The lowest BCUT2D eigenvalue weighted by atomic mass is 9.79. The summed E-state index contributed by atoms with van der Waals surface area (Å²) in [5, 5.41) is 58.9. The predicted molar refractivity (Wildman–Crippen MR) is 130 cm³/mol. The molecule has 0 unspecified atom stereocenters. The van der Waals surface area contributed by atoms with Crippen molar-refractivity contribution < 1.29 is 59.2 Å². The van der Waals surface area contributed by atoms with Gasteiger partial charge in [0.05, 0.1) is 13.2 Å². The number of ether oxygens (including phenoxy) is 3. The van der Waals surface area contributed by atoms with Gasteiger partial charge >= 0.3 is 17.9 Å². The number of aliphatic hydroxyl groups excluding tert-OH is 1. The fourth-order valence-corrected chi connectivity index (χ4v) is 3.81. The number of phenolic OH excluding ortho intramolecular Hbond substituents is 3. The van der Waals surface area contributed by atoms with Crippen LogP contribution in [-0.2, 0) is 23.9 Å². The highest BCUT2D eigenvalue weighted by Crippen LogP contribution is 2.33. The molecule has 0 bridgehead atoms. The molecule has 1 fully saturated rings. The zero-order chi connectivity index (χ0) is 28.0. The monoisotopic (exact) mass is 530 g/mol. The molecule has 202 valence electrons. The number of carboxylic acid groups (broad SMARTS) is 1. The van der Waals surface area contributed by atoms with Gasteiger partial charge in [0.2, 0.25) is 0 Å². The number of hydrogen-bond acceptors (Lipinski definition) is 11. The van der Waals surface area contributed by atoms with Gasteiger partial charge < -0.3 is 44.8 Å². The van der Waals surface area contributed by atoms with Crippen LogP contribution in [0.4, 0.5) is 0 Å². The first-order valence-electron chi connectivity index (χ1n) is 11.2. The first kappa shape index (κ1) is 28.0. The van der Waals surface area contributed by atoms with Crippen molar-refractivity contribution in [1.29, 1.82) is 0 Å². The minimum absolute atomic E-state index is 0.114. The molecule has 4 atom stereocenters. The number of benzene rings is 2. The standard InChI is InChI=1S/C26H26O12/c1-36-20-11-15(3-7-17(20)28)5-8-22(31)37-21-13-26(35,25(33)34)12-19(30)24(21)38-23(32)9-4-14-2-6-16(27)18(29)10-14/h2-11,19,21,24,27-30,35H,12-13H2,1H3,(H,33,34)/t19-,21-,24-,26+/m1/s1. The number of hydrogen-bond donors (Lipinski definition) is 6. The van der Waals surface area contributed by atoms with Crippen molar-refractivity contribution in [3.05, 3.63) is 59.7 Å². The molecule has 12 heteroatoms. The van der Waals surface area contributed by atoms with Crippen LogP contribution in [0, 0.1) is 0 Å². The molecule has 0 heterocycles. The fraction of sp³-hybridized carbons (Fsp3) is 0.269. The summed E-state index contributed by atoms with van der Waals surface area (Å²) in [6.07, 6.45) is -1.57. The maximum Gasteiger partial charge on any atom is 0.335 e. The van der Waals surface area contributed by atoms with Crippen molar-refractivity contribution in [3.8, 4) is 23.0 Å². The minimum atomic E-state index is -2.44. The molecule has 6 N–H and O–H groups in total. The van der Waals surface area contributed by atoms with Crippen LogP contribution in [-0.4, -0.2) is 79.6 Å². The summed E-state index contributed by atoms with van der Waals surface area (Å²) in [6, 6.07) is 8.06. The molecule has 0 saturated heterocycles. The number of aromatic hydroxyl groups is 3. The number of methoxy groups -OCH3 is 1. The predicted octanol–water partition coefficient (Wildman–Crippen LogP) is 1.33. The van der Waals surface area contributed by atoms with E-state index in [0.29, 0.717) is 11.1 Å². The van der Waals surface area contributed by atoms with E-state index in [1.807, 2.05) is 0 Å². The van der Waals surface area contributed by atoms with Gasteiger partial charge in [-0.1, -0.05) is 12.1 Å². The average Bonchev–Trinajstić information content (AvgIpc) is 2.86. The Morgan fingerprint density at radius 3 is 2.03 bits per heavy atom. The highest BCUT2D eigenvalue weighted by atomic mass is 16.6. The summed E-state index contributed by atoms with van der Waals surface area (Å²) in [6.45, 7) is 0. The van der Waals surface area contributed by atoms with Crippen LogP contribution in [0.2, 0.25) is 0 Å². The number of phenols is 3. The molecule has 0 amide bonds. The zero-order valence-corrected chi connectivity index (χ0v) is 20.1. The summed E-state index contributed by atoms with van der Waals surface area (Å²) in [5.74, 6) is -4.36. The van der Waals surface area contributed by atoms with Crippen molar-refractivity contribution >= 4 is 30.1 Å². The topological polar surface area (TPSA) is 200 Å². The molecule has 1 saturated carbocycles. The van der Waals surface area contributed by atoms with E-state index >= 15 is 0 Å². The molecule has 1 aliphatic rings. The Bertz CT molecular complexity index is 1270. The van der Waals surface area contributed by atoms with E-state index in [1.54, 1.807) is 0 Å². The van der Waals surface area contributed by atoms with Crippen molar-refractivity contribution in [1.82, 2.24) is 0 Å². The molecular formula is C26H26O12. The largest absolute Gasteiger partial charge is 0.504 e. The van der Waals surface area contributed by atoms with Crippen LogP contribution in [0.5, 0.6) is 23.0 Å². The van der Waals surface area contributed by atoms with E-state index in [-0.39, 0.29) is 17.2 Å². The van der Waals surface area contributed by atoms with E-state index < -0.39 is 60.4 Å². The van der Waals surface area contributed by atoms with Gasteiger partial charge in [0, 0.05) is 25.0 Å². The van der Waals surface area contributed by atoms with Crippen molar-refractivity contribution in [2.24, 2.45) is 0 Å². The number of carbonyl (C=O) groups is 3. The molecule has 0 spiro atoms. The molecular weight excluding hydrogens is 504 g/mol. The van der Waals surface area contributed by atoms with Crippen LogP contribution in [0.15, 0.2) is 48.6 Å². The highest BCUT2D eigenvalue weighted by Gasteiger charge is 2.52. The van der Waals surface area contributed by atoms with Crippen LogP contribution < -0.4 is 4.74 Å². The summed E-state index contributed by atoms with van der Waals surface area (Å²) in [7, 11) is 1.35. The average molecular weight is 530 g/mol. The molecule has 12 nitrogen and oxygen atoms in total. The minimum Gasteiger partial charge on any atom is -0.504 e. The third kappa shape index (κ3) is 6.81. The Balaban J connectivity index is 1.76. The summed E-state index contributed by atoms with van der Waals surface area (Å²) in [5.41, 5.74) is -1.66. The maximum absolute atomic E-state index is 12.5. The molecule has 1 aliphatic carbocycles. The number of aliphatic carboxylic acids is 1. The SMILES string of the molecule is COc1cc(C=CC(=O)O[C@@H]2C[C@](O)(C(=O)O)C[C@@H](O)[C@H]2OC(=O)C=Cc2ccc(O)c(O)c2)ccc1O. The zero-order valence-electron chi connectivity index (χ0n) is 20.1. The third-order valence-corrected chi connectivity index (χ3v) is 5.78. The van der Waals surface area contributed by atoms with Crippen LogP contribution in [0.1, 0.15) is 24.0 Å². The lowest BCUT2D eigenvalue weighted by molar-refractivity contribution is -0.204. The van der Waals surface area contributed by atoms with E-state index in [9.17, 15) is 45.0 Å². The van der Waals surface area contributed by atoms with Gasteiger partial charge in [0.1, 0.15) is 6.10 Å².